The van der Waals surface area contributed by atoms with Crippen LogP contribution in [0.4, 0.5) is 9.93 Å². The fourth-order valence-electron chi connectivity index (χ4n) is 1.20. The first-order valence-electron chi connectivity index (χ1n) is 5.24. The van der Waals surface area contributed by atoms with Crippen LogP contribution >= 0.6 is 11.3 Å². The van der Waals surface area contributed by atoms with Gasteiger partial charge in [0.1, 0.15) is 6.04 Å². The van der Waals surface area contributed by atoms with Gasteiger partial charge in [-0.2, -0.15) is 0 Å². The summed E-state index contributed by atoms with van der Waals surface area (Å²) in [6.45, 7) is 2.12. The van der Waals surface area contributed by atoms with E-state index in [1.165, 1.54) is 18.4 Å². The molecule has 0 aromatic carbocycles. The van der Waals surface area contributed by atoms with E-state index in [1.54, 1.807) is 6.20 Å². The Hall–Kier alpha value is -1.67. The molecule has 0 aliphatic heterocycles. The van der Waals surface area contributed by atoms with Crippen molar-refractivity contribution in [1.82, 2.24) is 10.3 Å². The number of aliphatic carboxylic acids is 1. The number of nitrogens with zero attached hydrogens (tertiary/aromatic N) is 1. The maximum absolute atomic E-state index is 11.5. The molecule has 2 amide bonds. The molecule has 8 heteroatoms. The summed E-state index contributed by atoms with van der Waals surface area (Å²) in [5.74, 6) is -1.10. The maximum atomic E-state index is 11.5. The van der Waals surface area contributed by atoms with Crippen molar-refractivity contribution in [2.24, 2.45) is 0 Å². The maximum Gasteiger partial charge on any atom is 0.326 e. The molecule has 1 aromatic heterocycles. The SMILES string of the molecule is COCCC(NC(=O)Nc1ncc(C)s1)C(=O)O. The van der Waals surface area contributed by atoms with Crippen molar-refractivity contribution in [1.29, 1.82) is 0 Å². The molecule has 0 radical (unpaired) electrons. The van der Waals surface area contributed by atoms with Crippen LogP contribution in [-0.2, 0) is 9.53 Å². The summed E-state index contributed by atoms with van der Waals surface area (Å²) in [6.07, 6.45) is 1.83. The molecule has 1 atom stereocenters. The Balaban J connectivity index is 2.48. The third-order valence-corrected chi connectivity index (χ3v) is 2.88. The number of urea groups is 1. The lowest BCUT2D eigenvalue weighted by molar-refractivity contribution is -0.139. The number of carboxylic acid groups (broad SMARTS) is 1. The van der Waals surface area contributed by atoms with Crippen molar-refractivity contribution in [3.05, 3.63) is 11.1 Å². The number of aromatic nitrogens is 1. The molecule has 0 fully saturated rings. The van der Waals surface area contributed by atoms with Gasteiger partial charge in [-0.25, -0.2) is 14.6 Å². The van der Waals surface area contributed by atoms with Gasteiger partial charge in [0.25, 0.3) is 0 Å². The number of carbonyl (C=O) groups excluding carboxylic acids is 1. The quantitative estimate of drug-likeness (QED) is 0.719. The highest BCUT2D eigenvalue weighted by Gasteiger charge is 2.19. The average molecular weight is 273 g/mol. The zero-order chi connectivity index (χ0) is 13.5. The summed E-state index contributed by atoms with van der Waals surface area (Å²) >= 11 is 1.31. The van der Waals surface area contributed by atoms with Gasteiger partial charge in [-0.05, 0) is 6.92 Å². The lowest BCUT2D eigenvalue weighted by Crippen LogP contribution is -2.43. The molecule has 1 rings (SSSR count). The largest absolute Gasteiger partial charge is 0.480 e. The standard InChI is InChI=1S/C10H15N3O4S/c1-6-5-11-10(18-6)13-9(16)12-7(8(14)15)3-4-17-2/h5,7H,3-4H2,1-2H3,(H,14,15)(H2,11,12,13,16). The second-order valence-corrected chi connectivity index (χ2v) is 4.78. The summed E-state index contributed by atoms with van der Waals surface area (Å²) in [4.78, 5) is 27.3. The fraction of sp³-hybridized carbons (Fsp3) is 0.500. The van der Waals surface area contributed by atoms with E-state index in [1.807, 2.05) is 6.92 Å². The number of thiazole rings is 1. The highest BCUT2D eigenvalue weighted by atomic mass is 32.1. The normalized spacial score (nSPS) is 11.9. The molecule has 0 aliphatic rings. The number of rotatable bonds is 6. The van der Waals surface area contributed by atoms with Gasteiger partial charge in [0.15, 0.2) is 5.13 Å². The lowest BCUT2D eigenvalue weighted by atomic mass is 10.2. The summed E-state index contributed by atoms with van der Waals surface area (Å²) in [6, 6.07) is -1.57. The van der Waals surface area contributed by atoms with Gasteiger partial charge in [0, 0.05) is 31.2 Å². The van der Waals surface area contributed by atoms with E-state index in [4.69, 9.17) is 9.84 Å². The minimum absolute atomic E-state index is 0.205. The van der Waals surface area contributed by atoms with E-state index < -0.39 is 18.0 Å². The molecule has 0 bridgehead atoms. The van der Waals surface area contributed by atoms with Crippen molar-refractivity contribution in [3.63, 3.8) is 0 Å². The number of hydrogen-bond donors (Lipinski definition) is 3. The first-order valence-corrected chi connectivity index (χ1v) is 6.06. The summed E-state index contributed by atoms with van der Waals surface area (Å²) in [5, 5.41) is 14.2. The van der Waals surface area contributed by atoms with Crippen LogP contribution in [0.3, 0.4) is 0 Å². The van der Waals surface area contributed by atoms with Crippen molar-refractivity contribution in [3.8, 4) is 0 Å². The zero-order valence-corrected chi connectivity index (χ0v) is 10.9. The predicted octanol–water partition coefficient (Wildman–Crippen LogP) is 1.06. The Morgan fingerprint density at radius 2 is 2.33 bits per heavy atom. The minimum atomic E-state index is -1.10. The van der Waals surface area contributed by atoms with Gasteiger partial charge in [0.2, 0.25) is 0 Å². The van der Waals surface area contributed by atoms with Crippen molar-refractivity contribution in [2.75, 3.05) is 19.0 Å². The van der Waals surface area contributed by atoms with Gasteiger partial charge in [0.05, 0.1) is 0 Å². The Morgan fingerprint density at radius 3 is 2.83 bits per heavy atom. The van der Waals surface area contributed by atoms with Gasteiger partial charge in [-0.3, -0.25) is 5.32 Å². The number of nitrogens with one attached hydrogen (secondary N) is 2. The first kappa shape index (κ1) is 14.4. The minimum Gasteiger partial charge on any atom is -0.480 e. The molecule has 0 saturated carbocycles. The second kappa shape index (κ2) is 6.92. The fourth-order valence-corrected chi connectivity index (χ4v) is 1.86. The highest BCUT2D eigenvalue weighted by Crippen LogP contribution is 2.16. The van der Waals surface area contributed by atoms with Crippen molar-refractivity contribution in [2.45, 2.75) is 19.4 Å². The molecule has 3 N–H and O–H groups in total. The van der Waals surface area contributed by atoms with Gasteiger partial charge < -0.3 is 15.2 Å². The second-order valence-electron chi connectivity index (χ2n) is 3.55. The molecule has 1 heterocycles. The van der Waals surface area contributed by atoms with E-state index in [-0.39, 0.29) is 13.0 Å². The molecular weight excluding hydrogens is 258 g/mol. The molecule has 7 nitrogen and oxygen atoms in total. The molecular formula is C10H15N3O4S. The Morgan fingerprint density at radius 1 is 1.61 bits per heavy atom. The van der Waals surface area contributed by atoms with E-state index >= 15 is 0 Å². The summed E-state index contributed by atoms with van der Waals surface area (Å²) in [7, 11) is 1.47. The number of carbonyl (C=O) groups is 2. The number of methoxy groups -OCH3 is 1. The molecule has 100 valence electrons. The lowest BCUT2D eigenvalue weighted by Gasteiger charge is -2.13. The third kappa shape index (κ3) is 4.68. The van der Waals surface area contributed by atoms with E-state index in [0.717, 1.165) is 4.88 Å². The van der Waals surface area contributed by atoms with Gasteiger partial charge >= 0.3 is 12.0 Å². The van der Waals surface area contributed by atoms with Crippen LogP contribution in [0.25, 0.3) is 0 Å². The molecule has 0 spiro atoms. The van der Waals surface area contributed by atoms with E-state index in [9.17, 15) is 9.59 Å². The van der Waals surface area contributed by atoms with E-state index in [0.29, 0.717) is 5.13 Å². The molecule has 0 aliphatic carbocycles. The van der Waals surface area contributed by atoms with Crippen LogP contribution in [0.1, 0.15) is 11.3 Å². The van der Waals surface area contributed by atoms with Crippen LogP contribution in [0.5, 0.6) is 0 Å². The smallest absolute Gasteiger partial charge is 0.326 e. The Labute approximate surface area is 108 Å². The predicted molar refractivity (Wildman–Crippen MR) is 66.9 cm³/mol. The van der Waals surface area contributed by atoms with Crippen LogP contribution < -0.4 is 10.6 Å². The Bertz CT molecular complexity index is 421. The Kier molecular flexibility index (Phi) is 5.53. The summed E-state index contributed by atoms with van der Waals surface area (Å²) < 4.78 is 4.78. The number of ether oxygens (including phenoxy) is 1. The molecule has 18 heavy (non-hydrogen) atoms. The first-order chi connectivity index (χ1) is 8.52. The highest BCUT2D eigenvalue weighted by molar-refractivity contribution is 7.15. The summed E-state index contributed by atoms with van der Waals surface area (Å²) in [5.41, 5.74) is 0. The van der Waals surface area contributed by atoms with Gasteiger partial charge in [-0.1, -0.05) is 0 Å². The van der Waals surface area contributed by atoms with E-state index in [2.05, 4.69) is 15.6 Å². The van der Waals surface area contributed by atoms with Gasteiger partial charge in [-0.15, -0.1) is 11.3 Å². The van der Waals surface area contributed by atoms with Crippen molar-refractivity contribution >= 4 is 28.5 Å². The number of anilines is 1. The van der Waals surface area contributed by atoms with Crippen molar-refractivity contribution < 1.29 is 19.4 Å². The number of amides is 2. The van der Waals surface area contributed by atoms with Crippen LogP contribution in [0.15, 0.2) is 6.20 Å². The molecule has 1 aromatic rings. The number of aryl methyl sites for hydroxylation is 1. The monoisotopic (exact) mass is 273 g/mol. The van der Waals surface area contributed by atoms with Crippen LogP contribution in [-0.4, -0.2) is 41.8 Å². The zero-order valence-electron chi connectivity index (χ0n) is 10.1. The number of carboxylic acids is 1. The third-order valence-electron chi connectivity index (χ3n) is 2.06. The molecule has 1 unspecified atom stereocenters. The van der Waals surface area contributed by atoms with Crippen LogP contribution in [0.2, 0.25) is 0 Å². The average Bonchev–Trinajstić information content (AvgIpc) is 2.69. The van der Waals surface area contributed by atoms with Crippen LogP contribution in [0, 0.1) is 6.92 Å². The molecule has 0 saturated heterocycles. The topological polar surface area (TPSA) is 101 Å². The number of hydrogen-bond acceptors (Lipinski definition) is 5.